The summed E-state index contributed by atoms with van der Waals surface area (Å²) in [5.74, 6) is 2.19. The van der Waals surface area contributed by atoms with Gasteiger partial charge in [0, 0.05) is 17.5 Å². The van der Waals surface area contributed by atoms with Gasteiger partial charge in [-0.05, 0) is 25.5 Å². The Hall–Kier alpha value is -2.67. The maximum atomic E-state index is 12.1. The van der Waals surface area contributed by atoms with Crippen LogP contribution < -0.4 is 5.32 Å². The zero-order valence-corrected chi connectivity index (χ0v) is 15.0. The molecular weight excluding hydrogens is 334 g/mol. The molecule has 1 amide bonds. The number of benzene rings is 1. The summed E-state index contributed by atoms with van der Waals surface area (Å²) in [6.45, 7) is 3.89. The van der Waals surface area contributed by atoms with Crippen LogP contribution in [0.25, 0.3) is 5.82 Å². The second-order valence-electron chi connectivity index (χ2n) is 5.63. The molecule has 0 unspecified atom stereocenters. The lowest BCUT2D eigenvalue weighted by atomic mass is 10.2. The van der Waals surface area contributed by atoms with E-state index in [2.05, 4.69) is 32.5 Å². The molecule has 2 aromatic heterocycles. The lowest BCUT2D eigenvalue weighted by molar-refractivity contribution is -0.113. The van der Waals surface area contributed by atoms with Gasteiger partial charge >= 0.3 is 0 Å². The molecule has 0 saturated carbocycles. The van der Waals surface area contributed by atoms with Crippen molar-refractivity contribution in [2.75, 3.05) is 11.1 Å². The first kappa shape index (κ1) is 17.2. The van der Waals surface area contributed by atoms with Gasteiger partial charge in [-0.15, -0.1) is 11.8 Å². The molecule has 7 heteroatoms. The molecular formula is C18H19N5OS. The van der Waals surface area contributed by atoms with Gasteiger partial charge < -0.3 is 5.32 Å². The highest BCUT2D eigenvalue weighted by molar-refractivity contribution is 7.99. The standard InChI is InChI=1S/C18H19N5OS/c1-13-8-14(2)23(22-13)17-9-16(19-12-20-17)21-18(24)11-25-10-15-6-4-3-5-7-15/h3-9,12H,10-11H2,1-2H3,(H,19,20,21,24). The minimum atomic E-state index is -0.0843. The van der Waals surface area contributed by atoms with E-state index in [-0.39, 0.29) is 5.91 Å². The molecule has 0 spiro atoms. The van der Waals surface area contributed by atoms with Gasteiger partial charge in [0.05, 0.1) is 11.4 Å². The summed E-state index contributed by atoms with van der Waals surface area (Å²) in [4.78, 5) is 20.4. The number of thioether (sulfide) groups is 1. The summed E-state index contributed by atoms with van der Waals surface area (Å²) in [7, 11) is 0. The fourth-order valence-electron chi connectivity index (χ4n) is 2.41. The molecule has 0 aliphatic heterocycles. The minimum absolute atomic E-state index is 0.0843. The van der Waals surface area contributed by atoms with Crippen LogP contribution in [0.3, 0.4) is 0 Å². The van der Waals surface area contributed by atoms with Crippen molar-refractivity contribution in [2.45, 2.75) is 19.6 Å². The Morgan fingerprint density at radius 3 is 2.68 bits per heavy atom. The molecule has 25 heavy (non-hydrogen) atoms. The molecule has 2 heterocycles. The number of aromatic nitrogens is 4. The Labute approximate surface area is 150 Å². The molecule has 0 aliphatic carbocycles. The topological polar surface area (TPSA) is 72.7 Å². The van der Waals surface area contributed by atoms with Gasteiger partial charge in [0.15, 0.2) is 5.82 Å². The number of amides is 1. The number of hydrogen-bond acceptors (Lipinski definition) is 5. The highest BCUT2D eigenvalue weighted by Crippen LogP contribution is 2.14. The summed E-state index contributed by atoms with van der Waals surface area (Å²) in [5.41, 5.74) is 3.10. The highest BCUT2D eigenvalue weighted by Gasteiger charge is 2.09. The predicted molar refractivity (Wildman–Crippen MR) is 99.9 cm³/mol. The normalized spacial score (nSPS) is 10.6. The molecule has 0 atom stereocenters. The third-order valence-corrected chi connectivity index (χ3v) is 4.50. The van der Waals surface area contributed by atoms with Gasteiger partial charge in [-0.25, -0.2) is 14.6 Å². The van der Waals surface area contributed by atoms with E-state index in [9.17, 15) is 4.79 Å². The van der Waals surface area contributed by atoms with Crippen LogP contribution in [-0.4, -0.2) is 31.4 Å². The van der Waals surface area contributed by atoms with E-state index >= 15 is 0 Å². The third-order valence-electron chi connectivity index (χ3n) is 3.49. The highest BCUT2D eigenvalue weighted by atomic mass is 32.2. The van der Waals surface area contributed by atoms with Gasteiger partial charge in [0.25, 0.3) is 0 Å². The Bertz CT molecular complexity index is 863. The third kappa shape index (κ3) is 4.67. The molecule has 0 saturated heterocycles. The maximum Gasteiger partial charge on any atom is 0.235 e. The molecule has 1 aromatic carbocycles. The van der Waals surface area contributed by atoms with Crippen LogP contribution in [0.5, 0.6) is 0 Å². The Balaban J connectivity index is 1.58. The summed E-state index contributed by atoms with van der Waals surface area (Å²) in [5, 5.41) is 7.21. The van der Waals surface area contributed by atoms with Crippen molar-refractivity contribution in [2.24, 2.45) is 0 Å². The van der Waals surface area contributed by atoms with Crippen LogP contribution >= 0.6 is 11.8 Å². The van der Waals surface area contributed by atoms with Crippen LogP contribution in [-0.2, 0) is 10.5 Å². The predicted octanol–water partition coefficient (Wildman–Crippen LogP) is 3.15. The Morgan fingerprint density at radius 2 is 1.96 bits per heavy atom. The van der Waals surface area contributed by atoms with E-state index in [0.29, 0.717) is 17.4 Å². The molecule has 0 radical (unpaired) electrons. The summed E-state index contributed by atoms with van der Waals surface area (Å²) < 4.78 is 1.73. The van der Waals surface area contributed by atoms with E-state index < -0.39 is 0 Å². The van der Waals surface area contributed by atoms with Gasteiger partial charge in [-0.3, -0.25) is 4.79 Å². The van der Waals surface area contributed by atoms with Crippen molar-refractivity contribution in [1.29, 1.82) is 0 Å². The molecule has 0 aliphatic rings. The minimum Gasteiger partial charge on any atom is -0.310 e. The smallest absolute Gasteiger partial charge is 0.235 e. The number of rotatable bonds is 6. The van der Waals surface area contributed by atoms with Gasteiger partial charge in [0.1, 0.15) is 12.1 Å². The van der Waals surface area contributed by atoms with E-state index in [1.165, 1.54) is 11.9 Å². The first-order chi connectivity index (χ1) is 12.1. The maximum absolute atomic E-state index is 12.1. The number of anilines is 1. The lowest BCUT2D eigenvalue weighted by Gasteiger charge is -2.07. The Kier molecular flexibility index (Phi) is 5.45. The van der Waals surface area contributed by atoms with Crippen LogP contribution in [0.4, 0.5) is 5.82 Å². The van der Waals surface area contributed by atoms with E-state index in [1.54, 1.807) is 22.5 Å². The van der Waals surface area contributed by atoms with E-state index in [4.69, 9.17) is 0 Å². The average molecular weight is 353 g/mol. The summed E-state index contributed by atoms with van der Waals surface area (Å²) in [6, 6.07) is 13.8. The molecule has 6 nitrogen and oxygen atoms in total. The van der Waals surface area contributed by atoms with Crippen molar-refractivity contribution in [1.82, 2.24) is 19.7 Å². The first-order valence-electron chi connectivity index (χ1n) is 7.89. The fraction of sp³-hybridized carbons (Fsp3) is 0.222. The number of aryl methyl sites for hydroxylation is 2. The van der Waals surface area contributed by atoms with Crippen LogP contribution in [0.15, 0.2) is 48.8 Å². The van der Waals surface area contributed by atoms with Crippen molar-refractivity contribution in [3.63, 3.8) is 0 Å². The van der Waals surface area contributed by atoms with Crippen LogP contribution in [0.2, 0.25) is 0 Å². The first-order valence-corrected chi connectivity index (χ1v) is 9.04. The second-order valence-corrected chi connectivity index (χ2v) is 6.61. The van der Waals surface area contributed by atoms with Crippen LogP contribution in [0, 0.1) is 13.8 Å². The molecule has 3 aromatic rings. The summed E-state index contributed by atoms with van der Waals surface area (Å²) in [6.07, 6.45) is 1.43. The average Bonchev–Trinajstić information content (AvgIpc) is 2.94. The molecule has 1 N–H and O–H groups in total. The van der Waals surface area contributed by atoms with Gasteiger partial charge in [-0.2, -0.15) is 5.10 Å². The van der Waals surface area contributed by atoms with Crippen LogP contribution in [0.1, 0.15) is 17.0 Å². The Morgan fingerprint density at radius 1 is 1.16 bits per heavy atom. The fourth-order valence-corrected chi connectivity index (χ4v) is 3.19. The second kappa shape index (κ2) is 7.94. The number of hydrogen-bond donors (Lipinski definition) is 1. The van der Waals surface area contributed by atoms with Gasteiger partial charge in [-0.1, -0.05) is 30.3 Å². The van der Waals surface area contributed by atoms with Crippen molar-refractivity contribution in [3.8, 4) is 5.82 Å². The quantitative estimate of drug-likeness (QED) is 0.737. The van der Waals surface area contributed by atoms with Crippen molar-refractivity contribution in [3.05, 3.63) is 65.7 Å². The monoisotopic (exact) mass is 353 g/mol. The number of nitrogens with one attached hydrogen (secondary N) is 1. The number of nitrogens with zero attached hydrogens (tertiary/aromatic N) is 4. The molecule has 128 valence electrons. The molecule has 3 rings (SSSR count). The van der Waals surface area contributed by atoms with E-state index in [1.807, 2.05) is 38.1 Å². The lowest BCUT2D eigenvalue weighted by Crippen LogP contribution is -2.16. The van der Waals surface area contributed by atoms with E-state index in [0.717, 1.165) is 17.1 Å². The molecule has 0 fully saturated rings. The number of carbonyl (C=O) groups is 1. The van der Waals surface area contributed by atoms with Gasteiger partial charge in [0.2, 0.25) is 5.91 Å². The SMILES string of the molecule is Cc1cc(C)n(-c2cc(NC(=O)CSCc3ccccc3)ncn2)n1. The summed E-state index contributed by atoms with van der Waals surface area (Å²) >= 11 is 1.57. The molecule has 0 bridgehead atoms. The van der Waals surface area contributed by atoms with Crippen molar-refractivity contribution >= 4 is 23.5 Å². The zero-order valence-electron chi connectivity index (χ0n) is 14.1. The zero-order chi connectivity index (χ0) is 17.6. The largest absolute Gasteiger partial charge is 0.310 e. The van der Waals surface area contributed by atoms with Crippen molar-refractivity contribution < 1.29 is 4.79 Å². The number of carbonyl (C=O) groups excluding carboxylic acids is 1.